The van der Waals surface area contributed by atoms with E-state index in [9.17, 15) is 10.2 Å². The molecule has 0 amide bonds. The summed E-state index contributed by atoms with van der Waals surface area (Å²) in [6.45, 7) is 8.34. The number of halogens is 2. The molecule has 0 aromatic carbocycles. The van der Waals surface area contributed by atoms with Gasteiger partial charge in [-0.3, -0.25) is 4.48 Å². The van der Waals surface area contributed by atoms with Gasteiger partial charge in [0.25, 0.3) is 0 Å². The van der Waals surface area contributed by atoms with Gasteiger partial charge < -0.3 is 48.7 Å². The minimum Gasteiger partial charge on any atom is -1.00 e. The van der Waals surface area contributed by atoms with Gasteiger partial charge in [0.05, 0.1) is 41.3 Å². The Labute approximate surface area is 229 Å². The number of nitrogens with zero attached hydrogens (tertiary/aromatic N) is 2. The largest absolute Gasteiger partial charge is 1.00 e. The van der Waals surface area contributed by atoms with Crippen LogP contribution in [-0.2, 0) is 0 Å². The Hall–Kier alpha value is 0.800. The fraction of sp³-hybridized carbons (Fsp3) is 1.00. The number of rotatable bonds is 21. The van der Waals surface area contributed by atoms with Crippen LogP contribution in [0.4, 0.5) is 0 Å². The van der Waals surface area contributed by atoms with E-state index in [-0.39, 0.29) is 44.5 Å². The number of likely N-dealkylation sites (N-methyl/N-ethyl adjacent to an activating group) is 2. The van der Waals surface area contributed by atoms with Crippen molar-refractivity contribution in [2.75, 3.05) is 41.3 Å². The van der Waals surface area contributed by atoms with Crippen LogP contribution in [0.5, 0.6) is 0 Å². The number of unbranched alkanes of at least 4 members (excludes halogenated alkanes) is 14. The van der Waals surface area contributed by atoms with Crippen LogP contribution in [0.2, 0.25) is 0 Å². The van der Waals surface area contributed by atoms with Crippen LogP contribution in [0, 0.1) is 0 Å². The van der Waals surface area contributed by atoms with Crippen molar-refractivity contribution in [2.45, 2.75) is 135 Å². The molecule has 0 radical (unpaired) electrons. The zero-order valence-electron chi connectivity index (χ0n) is 23.4. The zero-order valence-corrected chi connectivity index (χ0v) is 26.5. The van der Waals surface area contributed by atoms with E-state index in [1.54, 1.807) is 0 Å². The summed E-state index contributed by atoms with van der Waals surface area (Å²) in [6, 6.07) is -0.235. The Morgan fingerprint density at radius 2 is 0.848 bits per heavy atom. The second-order valence-electron chi connectivity index (χ2n) is 11.2. The average molecular weight is 605 g/mol. The predicted octanol–water partition coefficient (Wildman–Crippen LogP) is 0.456. The van der Waals surface area contributed by atoms with E-state index < -0.39 is 5.91 Å². The van der Waals surface area contributed by atoms with Gasteiger partial charge in [-0.2, -0.15) is 0 Å². The molecule has 0 aliphatic rings. The van der Waals surface area contributed by atoms with E-state index >= 15 is 0 Å². The van der Waals surface area contributed by atoms with Gasteiger partial charge in [0.15, 0.2) is 6.04 Å². The van der Waals surface area contributed by atoms with Crippen molar-refractivity contribution in [3.8, 4) is 0 Å². The third-order valence-corrected chi connectivity index (χ3v) is 7.66. The standard InChI is InChI=1S/C27H60N2O2.2BrH/c1-8-10-12-14-16-18-20-22-24-28(4,5)26(3)27(30,31)29(6,7)25-23-21-19-17-15-13-11-9-2;;/h26,30-31H,8-25H2,1-7H3;2*1H/q+2;;/p-2. The minimum atomic E-state index is -1.72. The van der Waals surface area contributed by atoms with Gasteiger partial charge in [0.2, 0.25) is 0 Å². The Bertz CT molecular complexity index is 432. The van der Waals surface area contributed by atoms with E-state index in [1.807, 2.05) is 21.0 Å². The third kappa shape index (κ3) is 16.2. The Kier molecular flexibility index (Phi) is 24.3. The first-order chi connectivity index (χ1) is 14.5. The summed E-state index contributed by atoms with van der Waals surface area (Å²) in [5.74, 6) is -1.72. The van der Waals surface area contributed by atoms with Gasteiger partial charge >= 0.3 is 5.91 Å². The molecule has 0 aromatic heterocycles. The number of aliphatic hydroxyl groups is 2. The molecule has 0 saturated heterocycles. The molecule has 4 nitrogen and oxygen atoms in total. The van der Waals surface area contributed by atoms with Gasteiger partial charge in [-0.05, 0) is 32.6 Å². The van der Waals surface area contributed by atoms with Crippen molar-refractivity contribution in [3.63, 3.8) is 0 Å². The molecule has 6 heteroatoms. The van der Waals surface area contributed by atoms with Gasteiger partial charge in [-0.1, -0.05) is 90.9 Å². The van der Waals surface area contributed by atoms with Crippen molar-refractivity contribution in [2.24, 2.45) is 0 Å². The maximum Gasteiger partial charge on any atom is 0.368 e. The average Bonchev–Trinajstić information content (AvgIpc) is 2.71. The Morgan fingerprint density at radius 1 is 0.545 bits per heavy atom. The van der Waals surface area contributed by atoms with Crippen LogP contribution in [0.25, 0.3) is 0 Å². The van der Waals surface area contributed by atoms with Crippen LogP contribution in [0.3, 0.4) is 0 Å². The van der Waals surface area contributed by atoms with Crippen molar-refractivity contribution < 1.29 is 53.1 Å². The highest BCUT2D eigenvalue weighted by atomic mass is 79.9. The van der Waals surface area contributed by atoms with E-state index in [1.165, 1.54) is 89.9 Å². The molecule has 0 heterocycles. The molecule has 0 aliphatic heterocycles. The summed E-state index contributed by atoms with van der Waals surface area (Å²) in [5.41, 5.74) is 0. The molecule has 0 spiro atoms. The number of quaternary nitrogens is 2. The molecule has 0 rings (SSSR count). The van der Waals surface area contributed by atoms with Crippen LogP contribution < -0.4 is 34.0 Å². The van der Waals surface area contributed by atoms with Crippen LogP contribution in [0.1, 0.15) is 124 Å². The third-order valence-electron chi connectivity index (χ3n) is 7.66. The summed E-state index contributed by atoms with van der Waals surface area (Å²) in [4.78, 5) is 0. The summed E-state index contributed by atoms with van der Waals surface area (Å²) < 4.78 is 0.908. The summed E-state index contributed by atoms with van der Waals surface area (Å²) in [6.07, 6.45) is 20.7. The van der Waals surface area contributed by atoms with Gasteiger partial charge in [0.1, 0.15) is 0 Å². The van der Waals surface area contributed by atoms with Crippen molar-refractivity contribution in [1.29, 1.82) is 0 Å². The van der Waals surface area contributed by atoms with Crippen molar-refractivity contribution >= 4 is 0 Å². The molecule has 1 atom stereocenters. The molecule has 0 aliphatic carbocycles. The maximum absolute atomic E-state index is 11.2. The fourth-order valence-corrected chi connectivity index (χ4v) is 4.63. The molecule has 1 unspecified atom stereocenters. The molecular formula is C27H60Br2N2O2. The SMILES string of the molecule is CCCCCCCCCC[N+](C)(C)C(C)C(O)(O)[N+](C)(C)CCCCCCCCCC.[Br-].[Br-]. The fourth-order valence-electron chi connectivity index (χ4n) is 4.63. The smallest absolute Gasteiger partial charge is 0.368 e. The van der Waals surface area contributed by atoms with E-state index in [0.717, 1.165) is 25.9 Å². The monoisotopic (exact) mass is 602 g/mol. The maximum atomic E-state index is 11.2. The molecule has 0 fully saturated rings. The molecule has 2 N–H and O–H groups in total. The first-order valence-electron chi connectivity index (χ1n) is 13.6. The first-order valence-corrected chi connectivity index (χ1v) is 13.6. The minimum absolute atomic E-state index is 0. The first kappa shape index (κ1) is 38.3. The Balaban J connectivity index is -0.00000450. The van der Waals surface area contributed by atoms with Gasteiger partial charge in [-0.15, -0.1) is 0 Å². The quantitative estimate of drug-likeness (QED) is 0.114. The molecule has 0 saturated carbocycles. The highest BCUT2D eigenvalue weighted by molar-refractivity contribution is 4.65. The van der Waals surface area contributed by atoms with E-state index in [2.05, 4.69) is 27.9 Å². The summed E-state index contributed by atoms with van der Waals surface area (Å²) in [7, 11) is 8.27. The predicted molar refractivity (Wildman–Crippen MR) is 136 cm³/mol. The van der Waals surface area contributed by atoms with Crippen molar-refractivity contribution in [3.05, 3.63) is 0 Å². The molecule has 0 aromatic rings. The van der Waals surface area contributed by atoms with Crippen LogP contribution in [-0.4, -0.2) is 72.4 Å². The number of hydrogen-bond acceptors (Lipinski definition) is 2. The molecule has 204 valence electrons. The van der Waals surface area contributed by atoms with Crippen LogP contribution >= 0.6 is 0 Å². The van der Waals surface area contributed by atoms with E-state index in [4.69, 9.17) is 0 Å². The normalized spacial score (nSPS) is 13.4. The van der Waals surface area contributed by atoms with Gasteiger partial charge in [0, 0.05) is 0 Å². The second kappa shape index (κ2) is 20.9. The molecule has 33 heavy (non-hydrogen) atoms. The lowest BCUT2D eigenvalue weighted by molar-refractivity contribution is -1.04. The summed E-state index contributed by atoms with van der Waals surface area (Å²) >= 11 is 0. The highest BCUT2D eigenvalue weighted by Gasteiger charge is 2.54. The van der Waals surface area contributed by atoms with E-state index in [0.29, 0.717) is 4.48 Å². The lowest BCUT2D eigenvalue weighted by atomic mass is 10.0. The Morgan fingerprint density at radius 3 is 1.21 bits per heavy atom. The molecular weight excluding hydrogens is 544 g/mol. The van der Waals surface area contributed by atoms with Crippen LogP contribution in [0.15, 0.2) is 0 Å². The highest BCUT2D eigenvalue weighted by Crippen LogP contribution is 2.27. The number of hydrogen-bond donors (Lipinski definition) is 2. The lowest BCUT2D eigenvalue weighted by Gasteiger charge is -2.48. The van der Waals surface area contributed by atoms with Crippen molar-refractivity contribution in [1.82, 2.24) is 0 Å². The second-order valence-corrected chi connectivity index (χ2v) is 11.2. The molecule has 0 bridgehead atoms. The van der Waals surface area contributed by atoms with Gasteiger partial charge in [-0.25, -0.2) is 0 Å². The lowest BCUT2D eigenvalue weighted by Crippen LogP contribution is -3.00. The zero-order chi connectivity index (χ0) is 23.8. The topological polar surface area (TPSA) is 40.5 Å². The summed E-state index contributed by atoms with van der Waals surface area (Å²) in [5, 5.41) is 22.4.